The number of pyridine rings is 1. The number of nitrogen functional groups attached to an aromatic ring is 1. The lowest BCUT2D eigenvalue weighted by Gasteiger charge is -2.19. The molecule has 5 rings (SSSR count). The van der Waals surface area contributed by atoms with Gasteiger partial charge in [-0.1, -0.05) is 23.2 Å². The first-order chi connectivity index (χ1) is 15.8. The van der Waals surface area contributed by atoms with Gasteiger partial charge in [-0.15, -0.1) is 0 Å². The molecule has 7 nitrogen and oxygen atoms in total. The molecule has 174 valence electrons. The van der Waals surface area contributed by atoms with Crippen molar-refractivity contribution in [3.8, 4) is 16.9 Å². The topological polar surface area (TPSA) is 84.4 Å². The summed E-state index contributed by atoms with van der Waals surface area (Å²) in [5.74, 6) is -0.156. The molecule has 2 saturated heterocycles. The minimum atomic E-state index is -1.13. The van der Waals surface area contributed by atoms with Crippen LogP contribution in [-0.2, 0) is 9.47 Å². The highest BCUT2D eigenvalue weighted by Gasteiger charge is 2.49. The Hall–Kier alpha value is -2.46. The molecule has 4 heterocycles. The van der Waals surface area contributed by atoms with E-state index in [-0.39, 0.29) is 40.4 Å². The Balaban J connectivity index is 1.38. The highest BCUT2D eigenvalue weighted by Crippen LogP contribution is 2.38. The van der Waals surface area contributed by atoms with Crippen LogP contribution in [0.25, 0.3) is 11.1 Å². The van der Waals surface area contributed by atoms with Gasteiger partial charge in [0.25, 0.3) is 0 Å². The Morgan fingerprint density at radius 1 is 1.18 bits per heavy atom. The van der Waals surface area contributed by atoms with E-state index in [1.54, 1.807) is 30.1 Å². The molecule has 11 heteroatoms. The van der Waals surface area contributed by atoms with Gasteiger partial charge in [-0.2, -0.15) is 5.10 Å². The van der Waals surface area contributed by atoms with Crippen molar-refractivity contribution in [1.82, 2.24) is 14.8 Å². The summed E-state index contributed by atoms with van der Waals surface area (Å²) in [5, 5.41) is 4.58. The highest BCUT2D eigenvalue weighted by atomic mass is 35.5. The molecule has 2 aliphatic heterocycles. The van der Waals surface area contributed by atoms with E-state index in [0.29, 0.717) is 17.7 Å². The summed E-state index contributed by atoms with van der Waals surface area (Å²) < 4.78 is 46.6. The van der Waals surface area contributed by atoms with Gasteiger partial charge < -0.3 is 19.9 Å². The van der Waals surface area contributed by atoms with Crippen molar-refractivity contribution in [3.05, 3.63) is 58.2 Å². The van der Waals surface area contributed by atoms with Crippen molar-refractivity contribution in [2.75, 3.05) is 18.9 Å². The van der Waals surface area contributed by atoms with Gasteiger partial charge in [0.1, 0.15) is 30.2 Å². The summed E-state index contributed by atoms with van der Waals surface area (Å²) in [7, 11) is 0. The predicted octanol–water partition coefficient (Wildman–Crippen LogP) is 4.79. The molecular weight excluding hydrogens is 477 g/mol. The molecule has 0 aliphatic carbocycles. The normalized spacial score (nSPS) is 25.2. The van der Waals surface area contributed by atoms with E-state index < -0.39 is 24.2 Å². The number of anilines is 1. The number of benzene rings is 1. The molecule has 2 aliphatic rings. The minimum Gasteiger partial charge on any atom is -0.482 e. The fourth-order valence-corrected chi connectivity index (χ4v) is 4.88. The Kier molecular flexibility index (Phi) is 5.90. The lowest BCUT2D eigenvalue weighted by molar-refractivity contribution is 0.0541. The van der Waals surface area contributed by atoms with Crippen molar-refractivity contribution >= 4 is 29.0 Å². The van der Waals surface area contributed by atoms with Gasteiger partial charge in [0.15, 0.2) is 17.7 Å². The predicted molar refractivity (Wildman–Crippen MR) is 119 cm³/mol. The summed E-state index contributed by atoms with van der Waals surface area (Å²) >= 11 is 12.3. The second-order valence-electron chi connectivity index (χ2n) is 8.01. The molecule has 5 atom stereocenters. The van der Waals surface area contributed by atoms with Crippen LogP contribution in [-0.4, -0.2) is 46.4 Å². The van der Waals surface area contributed by atoms with Crippen molar-refractivity contribution in [1.29, 1.82) is 0 Å². The average Bonchev–Trinajstić information content (AvgIpc) is 3.51. The van der Waals surface area contributed by atoms with Crippen LogP contribution in [0.2, 0.25) is 10.0 Å². The van der Waals surface area contributed by atoms with E-state index in [1.165, 1.54) is 12.1 Å². The summed E-state index contributed by atoms with van der Waals surface area (Å²) in [6.45, 7) is 2.03. The number of halogens is 4. The molecular formula is C22H20Cl2F2N4O3. The number of nitrogens with two attached hydrogens (primary N) is 1. The lowest BCUT2D eigenvalue weighted by Crippen LogP contribution is -2.28. The molecule has 5 unspecified atom stereocenters. The number of nitrogens with zero attached hydrogens (tertiary/aromatic N) is 3. The number of ether oxygens (including phenoxy) is 3. The van der Waals surface area contributed by atoms with Crippen LogP contribution in [0.1, 0.15) is 24.6 Å². The number of rotatable bonds is 5. The minimum absolute atomic E-state index is 0.0278. The van der Waals surface area contributed by atoms with E-state index in [1.807, 2.05) is 6.20 Å². The van der Waals surface area contributed by atoms with Crippen LogP contribution in [0.5, 0.6) is 5.75 Å². The molecule has 0 amide bonds. The average molecular weight is 497 g/mol. The lowest BCUT2D eigenvalue weighted by atomic mass is 10.1. The summed E-state index contributed by atoms with van der Waals surface area (Å²) in [5.41, 5.74) is 7.77. The van der Waals surface area contributed by atoms with Crippen LogP contribution in [0.4, 0.5) is 14.6 Å². The zero-order valence-electron chi connectivity index (χ0n) is 17.4. The van der Waals surface area contributed by atoms with Crippen LogP contribution < -0.4 is 10.5 Å². The highest BCUT2D eigenvalue weighted by molar-refractivity contribution is 6.36. The van der Waals surface area contributed by atoms with Crippen molar-refractivity contribution in [2.45, 2.75) is 37.4 Å². The third kappa shape index (κ3) is 4.03. The molecule has 1 aromatic carbocycles. The van der Waals surface area contributed by atoms with E-state index in [2.05, 4.69) is 10.1 Å². The number of alkyl halides is 1. The fourth-order valence-electron chi connectivity index (χ4n) is 4.20. The Morgan fingerprint density at radius 2 is 1.97 bits per heavy atom. The maximum Gasteiger partial charge on any atom is 0.166 e. The first-order valence-electron chi connectivity index (χ1n) is 10.3. The summed E-state index contributed by atoms with van der Waals surface area (Å²) in [4.78, 5) is 4.21. The third-order valence-corrected chi connectivity index (χ3v) is 6.63. The maximum absolute atomic E-state index is 13.9. The van der Waals surface area contributed by atoms with Gasteiger partial charge in [0.05, 0.1) is 24.4 Å². The third-order valence-electron chi connectivity index (χ3n) is 5.91. The molecule has 2 N–H and O–H groups in total. The molecule has 0 bridgehead atoms. The molecule has 33 heavy (non-hydrogen) atoms. The maximum atomic E-state index is 13.9. The number of aromatic nitrogens is 3. The van der Waals surface area contributed by atoms with Crippen LogP contribution >= 0.6 is 23.2 Å². The van der Waals surface area contributed by atoms with Gasteiger partial charge in [0, 0.05) is 34.1 Å². The number of hydrogen-bond donors (Lipinski definition) is 1. The van der Waals surface area contributed by atoms with Gasteiger partial charge in [-0.3, -0.25) is 4.68 Å². The quantitative estimate of drug-likeness (QED) is 0.511. The first-order valence-corrected chi connectivity index (χ1v) is 11.1. The van der Waals surface area contributed by atoms with E-state index in [9.17, 15) is 8.78 Å². The number of hydrogen-bond acceptors (Lipinski definition) is 6. The zero-order valence-corrected chi connectivity index (χ0v) is 18.9. The first kappa shape index (κ1) is 22.3. The Morgan fingerprint density at radius 3 is 2.79 bits per heavy atom. The van der Waals surface area contributed by atoms with E-state index in [0.717, 1.165) is 5.56 Å². The second kappa shape index (κ2) is 8.72. The number of fused-ring (bicyclic) bond motifs is 1. The van der Waals surface area contributed by atoms with Crippen molar-refractivity contribution in [3.63, 3.8) is 0 Å². The van der Waals surface area contributed by atoms with Gasteiger partial charge in [0.2, 0.25) is 0 Å². The van der Waals surface area contributed by atoms with Crippen molar-refractivity contribution in [2.24, 2.45) is 0 Å². The van der Waals surface area contributed by atoms with Gasteiger partial charge >= 0.3 is 0 Å². The molecule has 2 fully saturated rings. The molecule has 0 spiro atoms. The monoisotopic (exact) mass is 496 g/mol. The Bertz CT molecular complexity index is 1190. The Labute approximate surface area is 198 Å². The van der Waals surface area contributed by atoms with Gasteiger partial charge in [-0.05, 0) is 25.1 Å². The van der Waals surface area contributed by atoms with Gasteiger partial charge in [-0.25, -0.2) is 13.8 Å². The fraction of sp³-hybridized carbons (Fsp3) is 0.364. The van der Waals surface area contributed by atoms with Crippen LogP contribution in [0, 0.1) is 5.82 Å². The van der Waals surface area contributed by atoms with E-state index in [4.69, 9.17) is 43.1 Å². The SMILES string of the molecule is CC(Oc1cc(-c2cnn(C3COC4C(F)COC43)c2)cnc1N)c1c(Cl)ccc(F)c1Cl. The largest absolute Gasteiger partial charge is 0.482 e. The smallest absolute Gasteiger partial charge is 0.166 e. The summed E-state index contributed by atoms with van der Waals surface area (Å²) in [6.07, 6.45) is 2.30. The molecule has 0 saturated carbocycles. The van der Waals surface area contributed by atoms with E-state index >= 15 is 0 Å². The summed E-state index contributed by atoms with van der Waals surface area (Å²) in [6, 6.07) is 4.09. The second-order valence-corrected chi connectivity index (χ2v) is 8.80. The zero-order chi connectivity index (χ0) is 23.3. The molecule has 3 aromatic rings. The van der Waals surface area contributed by atoms with Crippen LogP contribution in [0.15, 0.2) is 36.8 Å². The van der Waals surface area contributed by atoms with Crippen molar-refractivity contribution < 1.29 is 23.0 Å². The molecule has 2 aromatic heterocycles. The standard InChI is InChI=1S/C22H20Cl2F2N4O3/c1-10(18-13(23)2-3-14(25)19(18)24)33-17-4-11(5-28-22(17)27)12-6-29-30(7-12)16-9-32-20-15(26)8-31-21(16)20/h2-7,10,15-16,20-21H,8-9H2,1H3,(H2,27,28). The van der Waals surface area contributed by atoms with Crippen LogP contribution in [0.3, 0.4) is 0 Å². The molecule has 0 radical (unpaired) electrons.